The molecule has 0 aromatic rings. The third kappa shape index (κ3) is 3.73. The molecule has 0 aromatic heterocycles. The van der Waals surface area contributed by atoms with E-state index in [9.17, 15) is 0 Å². The molecule has 21 heavy (non-hydrogen) atoms. The summed E-state index contributed by atoms with van der Waals surface area (Å²) in [6.45, 7) is 9.70. The van der Waals surface area contributed by atoms with Crippen LogP contribution in [-0.4, -0.2) is 22.8 Å². The Morgan fingerprint density at radius 3 is 1.43 bits per heavy atom. The summed E-state index contributed by atoms with van der Waals surface area (Å²) in [4.78, 5) is 0. The Labute approximate surface area is 133 Å². The Kier molecular flexibility index (Phi) is 5.27. The van der Waals surface area contributed by atoms with Gasteiger partial charge in [0.2, 0.25) is 0 Å². The van der Waals surface area contributed by atoms with Gasteiger partial charge in [0.1, 0.15) is 0 Å². The molecule has 2 saturated carbocycles. The minimum Gasteiger partial charge on any atom is -0.397 e. The summed E-state index contributed by atoms with van der Waals surface area (Å²) in [5, 5.41) is 0. The van der Waals surface area contributed by atoms with Crippen molar-refractivity contribution in [2.24, 2.45) is 10.8 Å². The van der Waals surface area contributed by atoms with Crippen LogP contribution < -0.4 is 0 Å². The molecule has 0 radical (unpaired) electrons. The highest BCUT2D eigenvalue weighted by Gasteiger charge is 2.54. The summed E-state index contributed by atoms with van der Waals surface area (Å²) >= 11 is 0. The molecule has 0 bridgehead atoms. The lowest BCUT2D eigenvalue weighted by atomic mass is 9.77. The Morgan fingerprint density at radius 2 is 1.14 bits per heavy atom. The van der Waals surface area contributed by atoms with E-state index in [1.165, 1.54) is 51.4 Å². The fourth-order valence-electron chi connectivity index (χ4n) is 5.17. The first-order valence-electron chi connectivity index (χ1n) is 8.85. The van der Waals surface area contributed by atoms with Crippen LogP contribution in [-0.2, 0) is 8.85 Å². The average molecular weight is 313 g/mol. The summed E-state index contributed by atoms with van der Waals surface area (Å²) in [6, 6.07) is 0. The summed E-state index contributed by atoms with van der Waals surface area (Å²) in [5.41, 5.74) is 2.27. The lowest BCUT2D eigenvalue weighted by Crippen LogP contribution is -2.53. The molecule has 0 aromatic carbocycles. The first kappa shape index (κ1) is 17.5. The van der Waals surface area contributed by atoms with Crippen molar-refractivity contribution >= 4 is 8.56 Å². The van der Waals surface area contributed by atoms with Gasteiger partial charge in [-0.1, -0.05) is 40.5 Å². The van der Waals surface area contributed by atoms with E-state index in [-0.39, 0.29) is 0 Å². The SMILES string of the molecule is CO[Si](OC)(C1CCCC(C)(C)C1)C1CCCC(C)(C)C1. The molecule has 2 fully saturated rings. The van der Waals surface area contributed by atoms with Gasteiger partial charge in [-0.05, 0) is 49.4 Å². The molecule has 2 unspecified atom stereocenters. The van der Waals surface area contributed by atoms with Crippen LogP contribution in [0.1, 0.15) is 79.1 Å². The van der Waals surface area contributed by atoms with E-state index in [2.05, 4.69) is 27.7 Å². The molecule has 3 heteroatoms. The molecule has 0 spiro atoms. The number of rotatable bonds is 4. The molecular formula is C18H36O2Si. The van der Waals surface area contributed by atoms with Crippen LogP contribution in [0.4, 0.5) is 0 Å². The van der Waals surface area contributed by atoms with Gasteiger partial charge in [0, 0.05) is 25.3 Å². The molecule has 2 aliphatic rings. The topological polar surface area (TPSA) is 18.5 Å². The van der Waals surface area contributed by atoms with Crippen LogP contribution in [0, 0.1) is 10.8 Å². The third-order valence-corrected chi connectivity index (χ3v) is 10.7. The van der Waals surface area contributed by atoms with Crippen molar-refractivity contribution < 1.29 is 8.85 Å². The lowest BCUT2D eigenvalue weighted by Gasteiger charge is -2.49. The van der Waals surface area contributed by atoms with Crippen LogP contribution in [0.5, 0.6) is 0 Å². The van der Waals surface area contributed by atoms with Crippen molar-refractivity contribution in [1.82, 2.24) is 0 Å². The summed E-state index contributed by atoms with van der Waals surface area (Å²) < 4.78 is 12.5. The third-order valence-electron chi connectivity index (χ3n) is 6.19. The van der Waals surface area contributed by atoms with Crippen LogP contribution in [0.2, 0.25) is 11.1 Å². The summed E-state index contributed by atoms with van der Waals surface area (Å²) in [6.07, 6.45) is 10.6. The van der Waals surface area contributed by atoms with E-state index >= 15 is 0 Å². The molecule has 0 aliphatic heterocycles. The highest BCUT2D eigenvalue weighted by molar-refractivity contribution is 6.70. The van der Waals surface area contributed by atoms with Crippen molar-refractivity contribution in [2.45, 2.75) is 90.1 Å². The quantitative estimate of drug-likeness (QED) is 0.623. The smallest absolute Gasteiger partial charge is 0.344 e. The average Bonchev–Trinajstić information content (AvgIpc) is 2.39. The van der Waals surface area contributed by atoms with Crippen molar-refractivity contribution in [2.75, 3.05) is 14.2 Å². The summed E-state index contributed by atoms with van der Waals surface area (Å²) in [5.74, 6) is 0. The van der Waals surface area contributed by atoms with Crippen molar-refractivity contribution in [3.63, 3.8) is 0 Å². The van der Waals surface area contributed by atoms with Crippen molar-refractivity contribution in [1.29, 1.82) is 0 Å². The zero-order chi connectivity index (χ0) is 15.7. The first-order valence-corrected chi connectivity index (χ1v) is 10.8. The maximum atomic E-state index is 6.27. The van der Waals surface area contributed by atoms with Gasteiger partial charge < -0.3 is 8.85 Å². The number of hydrogen-bond donors (Lipinski definition) is 0. The molecule has 2 atom stereocenters. The van der Waals surface area contributed by atoms with E-state index in [0.717, 1.165) is 0 Å². The predicted molar refractivity (Wildman–Crippen MR) is 91.8 cm³/mol. The molecule has 0 amide bonds. The highest BCUT2D eigenvalue weighted by Crippen LogP contribution is 2.55. The van der Waals surface area contributed by atoms with Gasteiger partial charge in [0.25, 0.3) is 0 Å². The van der Waals surface area contributed by atoms with Crippen LogP contribution in [0.25, 0.3) is 0 Å². The Balaban J connectivity index is 2.23. The molecule has 124 valence electrons. The maximum absolute atomic E-state index is 6.27. The molecular weight excluding hydrogens is 276 g/mol. The monoisotopic (exact) mass is 312 g/mol. The van der Waals surface area contributed by atoms with E-state index in [1.54, 1.807) is 0 Å². The summed E-state index contributed by atoms with van der Waals surface area (Å²) in [7, 11) is 1.74. The highest BCUT2D eigenvalue weighted by atomic mass is 28.4. The fourth-order valence-corrected chi connectivity index (χ4v) is 10.2. The van der Waals surface area contributed by atoms with Crippen molar-refractivity contribution in [3.8, 4) is 0 Å². The molecule has 2 nitrogen and oxygen atoms in total. The zero-order valence-electron chi connectivity index (χ0n) is 15.1. The van der Waals surface area contributed by atoms with E-state index in [1.807, 2.05) is 14.2 Å². The van der Waals surface area contributed by atoms with Gasteiger partial charge in [-0.15, -0.1) is 0 Å². The molecule has 0 heterocycles. The predicted octanol–water partition coefficient (Wildman–Crippen LogP) is 5.66. The van der Waals surface area contributed by atoms with Gasteiger partial charge >= 0.3 is 8.56 Å². The zero-order valence-corrected chi connectivity index (χ0v) is 16.1. The van der Waals surface area contributed by atoms with Gasteiger partial charge in [0.15, 0.2) is 0 Å². The second-order valence-electron chi connectivity index (χ2n) is 9.04. The number of hydrogen-bond acceptors (Lipinski definition) is 2. The minimum atomic E-state index is -2.12. The molecule has 0 N–H and O–H groups in total. The second kappa shape index (κ2) is 6.33. The van der Waals surface area contributed by atoms with Crippen LogP contribution in [0.3, 0.4) is 0 Å². The largest absolute Gasteiger partial charge is 0.397 e. The van der Waals surface area contributed by atoms with Gasteiger partial charge in [0.05, 0.1) is 0 Å². The van der Waals surface area contributed by atoms with E-state index in [0.29, 0.717) is 21.9 Å². The van der Waals surface area contributed by atoms with Crippen molar-refractivity contribution in [3.05, 3.63) is 0 Å². The standard InChI is InChI=1S/C18H36O2Si/c1-17(2)11-7-9-15(13-17)21(19-5,20-6)16-10-8-12-18(3,4)14-16/h15-16H,7-14H2,1-6H3. The molecule has 2 rings (SSSR count). The fraction of sp³-hybridized carbons (Fsp3) is 1.00. The molecule has 0 saturated heterocycles. The van der Waals surface area contributed by atoms with Gasteiger partial charge in [-0.2, -0.15) is 0 Å². The normalized spacial score (nSPS) is 32.9. The van der Waals surface area contributed by atoms with Crippen LogP contribution in [0.15, 0.2) is 0 Å². The van der Waals surface area contributed by atoms with E-state index in [4.69, 9.17) is 8.85 Å². The maximum Gasteiger partial charge on any atom is 0.344 e. The Bertz CT molecular complexity index is 317. The van der Waals surface area contributed by atoms with E-state index < -0.39 is 8.56 Å². The van der Waals surface area contributed by atoms with Crippen LogP contribution >= 0.6 is 0 Å². The van der Waals surface area contributed by atoms with Gasteiger partial charge in [-0.3, -0.25) is 0 Å². The van der Waals surface area contributed by atoms with Gasteiger partial charge in [-0.25, -0.2) is 0 Å². The first-order chi connectivity index (χ1) is 9.75. The lowest BCUT2D eigenvalue weighted by molar-refractivity contribution is 0.142. The molecule has 2 aliphatic carbocycles. The Hall–Kier alpha value is 0.137. The Morgan fingerprint density at radius 1 is 0.762 bits per heavy atom. The second-order valence-corrected chi connectivity index (χ2v) is 12.9. The minimum absolute atomic E-state index is 0.461.